The molecular weight excluding hydrogens is 314 g/mol. The predicted octanol–water partition coefficient (Wildman–Crippen LogP) is 3.29. The van der Waals surface area contributed by atoms with Gasteiger partial charge in [0, 0.05) is 6.54 Å². The van der Waals surface area contributed by atoms with Gasteiger partial charge in [0.1, 0.15) is 5.75 Å². The van der Waals surface area contributed by atoms with Crippen LogP contribution >= 0.6 is 0 Å². The van der Waals surface area contributed by atoms with Crippen LogP contribution in [0.25, 0.3) is 0 Å². The molecule has 2 rings (SSSR count). The molecule has 134 valence electrons. The van der Waals surface area contributed by atoms with Gasteiger partial charge in [0.15, 0.2) is 0 Å². The number of aliphatic hydroxyl groups is 1. The van der Waals surface area contributed by atoms with Crippen molar-refractivity contribution in [2.75, 3.05) is 13.7 Å². The number of methoxy groups -OCH3 is 1. The number of ether oxygens (including phenoxy) is 1. The Morgan fingerprint density at radius 2 is 1.80 bits per heavy atom. The maximum atomic E-state index is 12.2. The number of nitrogens with one attached hydrogen (secondary N) is 1. The first-order valence-corrected chi connectivity index (χ1v) is 8.58. The number of benzene rings is 2. The molecule has 2 unspecified atom stereocenters. The lowest BCUT2D eigenvalue weighted by atomic mass is 9.92. The van der Waals surface area contributed by atoms with Crippen LogP contribution in [-0.4, -0.2) is 24.7 Å². The number of hydrogen-bond donors (Lipinski definition) is 2. The SMILES string of the molecule is COc1ccc(CC(C)CNC(=O)CC(C)(O)c2ccccc2)cc1. The molecule has 4 nitrogen and oxygen atoms in total. The van der Waals surface area contributed by atoms with Crippen molar-refractivity contribution in [1.29, 1.82) is 0 Å². The molecule has 0 heterocycles. The van der Waals surface area contributed by atoms with Gasteiger partial charge in [-0.1, -0.05) is 49.4 Å². The van der Waals surface area contributed by atoms with E-state index in [0.29, 0.717) is 12.5 Å². The molecule has 2 aromatic carbocycles. The normalized spacial score (nSPS) is 14.4. The molecule has 1 amide bonds. The molecule has 0 saturated heterocycles. The molecule has 4 heteroatoms. The summed E-state index contributed by atoms with van der Waals surface area (Å²) in [5.41, 5.74) is 0.792. The Kier molecular flexibility index (Phi) is 6.59. The van der Waals surface area contributed by atoms with Crippen LogP contribution in [0.1, 0.15) is 31.4 Å². The molecule has 2 N–H and O–H groups in total. The van der Waals surface area contributed by atoms with Crippen LogP contribution in [0.5, 0.6) is 5.75 Å². The Hall–Kier alpha value is -2.33. The Morgan fingerprint density at radius 1 is 1.16 bits per heavy atom. The van der Waals surface area contributed by atoms with Gasteiger partial charge in [0.25, 0.3) is 0 Å². The highest BCUT2D eigenvalue weighted by Crippen LogP contribution is 2.24. The fourth-order valence-electron chi connectivity index (χ4n) is 2.80. The average Bonchev–Trinajstić information content (AvgIpc) is 2.61. The van der Waals surface area contributed by atoms with Gasteiger partial charge in [0.05, 0.1) is 19.1 Å². The number of hydrogen-bond acceptors (Lipinski definition) is 3. The van der Waals surface area contributed by atoms with Crippen LogP contribution < -0.4 is 10.1 Å². The minimum absolute atomic E-state index is 0.0479. The largest absolute Gasteiger partial charge is 0.497 e. The third kappa shape index (κ3) is 5.91. The first kappa shape index (κ1) is 19.0. The van der Waals surface area contributed by atoms with Crippen LogP contribution in [0.15, 0.2) is 54.6 Å². The van der Waals surface area contributed by atoms with E-state index in [4.69, 9.17) is 4.74 Å². The van der Waals surface area contributed by atoms with E-state index in [1.807, 2.05) is 54.6 Å². The molecule has 0 aliphatic heterocycles. The van der Waals surface area contributed by atoms with Gasteiger partial charge in [-0.25, -0.2) is 0 Å². The Morgan fingerprint density at radius 3 is 2.40 bits per heavy atom. The molecule has 0 aliphatic carbocycles. The smallest absolute Gasteiger partial charge is 0.223 e. The fourth-order valence-corrected chi connectivity index (χ4v) is 2.80. The van der Waals surface area contributed by atoms with Crippen molar-refractivity contribution in [3.05, 3.63) is 65.7 Å². The Labute approximate surface area is 149 Å². The number of carbonyl (C=O) groups excluding carboxylic acids is 1. The van der Waals surface area contributed by atoms with Crippen molar-refractivity contribution in [2.45, 2.75) is 32.3 Å². The van der Waals surface area contributed by atoms with Gasteiger partial charge in [-0.3, -0.25) is 4.79 Å². The second kappa shape index (κ2) is 8.67. The second-order valence-electron chi connectivity index (χ2n) is 6.78. The monoisotopic (exact) mass is 341 g/mol. The van der Waals surface area contributed by atoms with Crippen molar-refractivity contribution in [3.63, 3.8) is 0 Å². The van der Waals surface area contributed by atoms with Crippen LogP contribution in [0.4, 0.5) is 0 Å². The number of amides is 1. The first-order chi connectivity index (χ1) is 11.9. The van der Waals surface area contributed by atoms with E-state index in [0.717, 1.165) is 17.7 Å². The zero-order valence-corrected chi connectivity index (χ0v) is 15.2. The summed E-state index contributed by atoms with van der Waals surface area (Å²) in [5, 5.41) is 13.5. The lowest BCUT2D eigenvalue weighted by Crippen LogP contribution is -2.35. The molecule has 0 bridgehead atoms. The summed E-state index contributed by atoms with van der Waals surface area (Å²) in [6.07, 6.45) is 0.922. The zero-order chi connectivity index (χ0) is 18.3. The third-order valence-corrected chi connectivity index (χ3v) is 4.29. The molecule has 25 heavy (non-hydrogen) atoms. The summed E-state index contributed by atoms with van der Waals surface area (Å²) in [6.45, 7) is 4.35. The highest BCUT2D eigenvalue weighted by atomic mass is 16.5. The van der Waals surface area contributed by atoms with Crippen molar-refractivity contribution in [2.24, 2.45) is 5.92 Å². The fraction of sp³-hybridized carbons (Fsp3) is 0.381. The van der Waals surface area contributed by atoms with Gasteiger partial charge in [-0.2, -0.15) is 0 Å². The van der Waals surface area contributed by atoms with E-state index in [9.17, 15) is 9.90 Å². The van der Waals surface area contributed by atoms with E-state index in [-0.39, 0.29) is 12.3 Å². The minimum atomic E-state index is -1.16. The summed E-state index contributed by atoms with van der Waals surface area (Å²) in [6, 6.07) is 17.2. The van der Waals surface area contributed by atoms with E-state index < -0.39 is 5.60 Å². The maximum absolute atomic E-state index is 12.2. The second-order valence-corrected chi connectivity index (χ2v) is 6.78. The Bertz CT molecular complexity index is 665. The van der Waals surface area contributed by atoms with E-state index in [1.54, 1.807) is 14.0 Å². The van der Waals surface area contributed by atoms with Crippen molar-refractivity contribution < 1.29 is 14.6 Å². The molecule has 2 atom stereocenters. The van der Waals surface area contributed by atoms with Crippen LogP contribution in [-0.2, 0) is 16.8 Å². The van der Waals surface area contributed by atoms with Gasteiger partial charge < -0.3 is 15.2 Å². The summed E-state index contributed by atoms with van der Waals surface area (Å²) in [5.74, 6) is 1.00. The number of rotatable bonds is 8. The topological polar surface area (TPSA) is 58.6 Å². The van der Waals surface area contributed by atoms with Gasteiger partial charge in [-0.15, -0.1) is 0 Å². The highest BCUT2D eigenvalue weighted by molar-refractivity contribution is 5.77. The van der Waals surface area contributed by atoms with Crippen molar-refractivity contribution in [1.82, 2.24) is 5.32 Å². The van der Waals surface area contributed by atoms with Crippen LogP contribution in [0.3, 0.4) is 0 Å². The molecule has 0 fully saturated rings. The van der Waals surface area contributed by atoms with Crippen molar-refractivity contribution in [3.8, 4) is 5.75 Å². The molecule has 0 spiro atoms. The first-order valence-electron chi connectivity index (χ1n) is 8.58. The van der Waals surface area contributed by atoms with Gasteiger partial charge in [-0.05, 0) is 42.5 Å². The quantitative estimate of drug-likeness (QED) is 0.775. The summed E-state index contributed by atoms with van der Waals surface area (Å²) in [7, 11) is 1.65. The molecular formula is C21H27NO3. The summed E-state index contributed by atoms with van der Waals surface area (Å²) < 4.78 is 5.16. The molecule has 0 aliphatic rings. The van der Waals surface area contributed by atoms with E-state index in [2.05, 4.69) is 12.2 Å². The number of carbonyl (C=O) groups is 1. The molecule has 0 radical (unpaired) electrons. The average molecular weight is 341 g/mol. The maximum Gasteiger partial charge on any atom is 0.223 e. The summed E-state index contributed by atoms with van der Waals surface area (Å²) >= 11 is 0. The van der Waals surface area contributed by atoms with Gasteiger partial charge >= 0.3 is 0 Å². The lowest BCUT2D eigenvalue weighted by Gasteiger charge is -2.23. The predicted molar refractivity (Wildman–Crippen MR) is 99.5 cm³/mol. The molecule has 0 saturated carbocycles. The third-order valence-electron chi connectivity index (χ3n) is 4.29. The van der Waals surface area contributed by atoms with E-state index >= 15 is 0 Å². The molecule has 2 aromatic rings. The van der Waals surface area contributed by atoms with E-state index in [1.165, 1.54) is 5.56 Å². The standard InChI is InChI=1S/C21H27NO3/c1-16(13-17-9-11-19(25-3)12-10-17)15-22-20(23)14-21(2,24)18-7-5-4-6-8-18/h4-12,16,24H,13-15H2,1-3H3,(H,22,23). The van der Waals surface area contributed by atoms with Crippen LogP contribution in [0.2, 0.25) is 0 Å². The van der Waals surface area contributed by atoms with Gasteiger partial charge in [0.2, 0.25) is 5.91 Å². The minimum Gasteiger partial charge on any atom is -0.497 e. The summed E-state index contributed by atoms with van der Waals surface area (Å²) in [4.78, 5) is 12.2. The molecule has 0 aromatic heterocycles. The Balaban J connectivity index is 1.80. The van der Waals surface area contributed by atoms with Crippen LogP contribution in [0, 0.1) is 5.92 Å². The zero-order valence-electron chi connectivity index (χ0n) is 15.2. The lowest BCUT2D eigenvalue weighted by molar-refractivity contribution is -0.126. The highest BCUT2D eigenvalue weighted by Gasteiger charge is 2.26. The van der Waals surface area contributed by atoms with Crippen molar-refractivity contribution >= 4 is 5.91 Å².